The van der Waals surface area contributed by atoms with Gasteiger partial charge in [-0.05, 0) is 13.0 Å². The molecule has 1 amide bonds. The van der Waals surface area contributed by atoms with E-state index < -0.39 is 0 Å². The van der Waals surface area contributed by atoms with E-state index >= 15 is 0 Å². The summed E-state index contributed by atoms with van der Waals surface area (Å²) in [4.78, 5) is 18.5. The Hall–Kier alpha value is -1.71. The van der Waals surface area contributed by atoms with Gasteiger partial charge in [-0.2, -0.15) is 0 Å². The van der Waals surface area contributed by atoms with E-state index in [9.17, 15) is 4.79 Å². The van der Waals surface area contributed by atoms with E-state index in [-0.39, 0.29) is 5.91 Å². The molecule has 0 aliphatic carbocycles. The summed E-state index contributed by atoms with van der Waals surface area (Å²) in [6.45, 7) is 1.78. The van der Waals surface area contributed by atoms with Crippen LogP contribution in [-0.4, -0.2) is 15.9 Å². The van der Waals surface area contributed by atoms with E-state index in [0.29, 0.717) is 5.69 Å². The number of anilines is 1. The Morgan fingerprint density at radius 2 is 2.17 bits per heavy atom. The third-order valence-electron chi connectivity index (χ3n) is 1.15. The molecule has 1 rings (SSSR count). The molecule has 1 heterocycles. The Bertz CT molecular complexity index is 282. The van der Waals surface area contributed by atoms with Crippen molar-refractivity contribution in [1.82, 2.24) is 9.97 Å². The maximum absolute atomic E-state index is 11.0. The number of rotatable bonds is 2. The summed E-state index contributed by atoms with van der Waals surface area (Å²) in [6.07, 6.45) is 7.58. The first-order valence-corrected chi connectivity index (χ1v) is 3.51. The Balaban J connectivity index is 2.59. The summed E-state index contributed by atoms with van der Waals surface area (Å²) >= 11 is 0. The predicted octanol–water partition coefficient (Wildman–Crippen LogP) is 0.991. The Labute approximate surface area is 70.4 Å². The zero-order valence-corrected chi connectivity index (χ0v) is 6.69. The molecule has 0 saturated carbocycles. The second kappa shape index (κ2) is 4.23. The van der Waals surface area contributed by atoms with Crippen LogP contribution in [0.2, 0.25) is 0 Å². The van der Waals surface area contributed by atoms with Crippen molar-refractivity contribution in [3.05, 3.63) is 30.9 Å². The number of carbonyl (C=O) groups is 1. The molecule has 12 heavy (non-hydrogen) atoms. The fourth-order valence-corrected chi connectivity index (χ4v) is 0.699. The molecule has 0 spiro atoms. The first kappa shape index (κ1) is 8.39. The van der Waals surface area contributed by atoms with Crippen LogP contribution in [0.4, 0.5) is 5.69 Å². The largest absolute Gasteiger partial charge is 0.320 e. The maximum Gasteiger partial charge on any atom is 0.248 e. The fourth-order valence-electron chi connectivity index (χ4n) is 0.699. The van der Waals surface area contributed by atoms with Crippen LogP contribution in [0.5, 0.6) is 0 Å². The van der Waals surface area contributed by atoms with E-state index in [1.54, 1.807) is 13.0 Å². The van der Waals surface area contributed by atoms with Crippen molar-refractivity contribution in [3.63, 3.8) is 0 Å². The zero-order valence-electron chi connectivity index (χ0n) is 6.69. The second-order valence-corrected chi connectivity index (χ2v) is 2.12. The van der Waals surface area contributed by atoms with Gasteiger partial charge in [-0.3, -0.25) is 4.79 Å². The minimum absolute atomic E-state index is 0.174. The standard InChI is InChI=1S/C8H9N3O/c1-2-3-8(12)11-7-4-9-6-10-5-7/h2-6H,1H3,(H,11,12)/b3-2+. The molecule has 0 radical (unpaired) electrons. The van der Waals surface area contributed by atoms with Crippen LogP contribution in [0.15, 0.2) is 30.9 Å². The molecule has 1 aromatic rings. The summed E-state index contributed by atoms with van der Waals surface area (Å²) in [6, 6.07) is 0. The van der Waals surface area contributed by atoms with Crippen LogP contribution in [0, 0.1) is 0 Å². The quantitative estimate of drug-likeness (QED) is 0.661. The van der Waals surface area contributed by atoms with Crippen molar-refractivity contribution in [2.24, 2.45) is 0 Å². The van der Waals surface area contributed by atoms with Crippen molar-refractivity contribution in [2.75, 3.05) is 5.32 Å². The highest BCUT2D eigenvalue weighted by Gasteiger charge is 1.95. The van der Waals surface area contributed by atoms with Gasteiger partial charge in [0.25, 0.3) is 0 Å². The molecule has 0 unspecified atom stereocenters. The van der Waals surface area contributed by atoms with Gasteiger partial charge in [-0.15, -0.1) is 0 Å². The number of aromatic nitrogens is 2. The molecular weight excluding hydrogens is 154 g/mol. The predicted molar refractivity (Wildman–Crippen MR) is 45.5 cm³/mol. The van der Waals surface area contributed by atoms with E-state index in [1.165, 1.54) is 24.8 Å². The van der Waals surface area contributed by atoms with Gasteiger partial charge in [0.1, 0.15) is 6.33 Å². The van der Waals surface area contributed by atoms with Gasteiger partial charge >= 0.3 is 0 Å². The Morgan fingerprint density at radius 1 is 1.50 bits per heavy atom. The Kier molecular flexibility index (Phi) is 2.95. The van der Waals surface area contributed by atoms with Crippen LogP contribution in [0.3, 0.4) is 0 Å². The highest BCUT2D eigenvalue weighted by atomic mass is 16.1. The summed E-state index contributed by atoms with van der Waals surface area (Å²) in [7, 11) is 0. The lowest BCUT2D eigenvalue weighted by Crippen LogP contribution is -2.07. The second-order valence-electron chi connectivity index (χ2n) is 2.12. The third-order valence-corrected chi connectivity index (χ3v) is 1.15. The van der Waals surface area contributed by atoms with Crippen molar-refractivity contribution in [1.29, 1.82) is 0 Å². The molecule has 0 saturated heterocycles. The SMILES string of the molecule is C/C=C/C(=O)Nc1cncnc1. The summed E-state index contributed by atoms with van der Waals surface area (Å²) < 4.78 is 0. The molecular formula is C8H9N3O. The normalized spacial score (nSPS) is 10.1. The number of hydrogen-bond acceptors (Lipinski definition) is 3. The first-order valence-electron chi connectivity index (χ1n) is 3.51. The fraction of sp³-hybridized carbons (Fsp3) is 0.125. The summed E-state index contributed by atoms with van der Waals surface area (Å²) in [5.74, 6) is -0.174. The summed E-state index contributed by atoms with van der Waals surface area (Å²) in [5, 5.41) is 2.59. The molecule has 0 aliphatic rings. The molecule has 0 atom stereocenters. The lowest BCUT2D eigenvalue weighted by atomic mass is 10.4. The van der Waals surface area contributed by atoms with Crippen LogP contribution in [-0.2, 0) is 4.79 Å². The minimum atomic E-state index is -0.174. The number of carbonyl (C=O) groups excluding carboxylic acids is 1. The molecule has 4 heteroatoms. The molecule has 0 fully saturated rings. The number of hydrogen-bond donors (Lipinski definition) is 1. The van der Waals surface area contributed by atoms with Crippen molar-refractivity contribution >= 4 is 11.6 Å². The van der Waals surface area contributed by atoms with Crippen LogP contribution in [0.1, 0.15) is 6.92 Å². The number of allylic oxidation sites excluding steroid dienone is 1. The number of amides is 1. The van der Waals surface area contributed by atoms with E-state index in [0.717, 1.165) is 0 Å². The van der Waals surface area contributed by atoms with Crippen molar-refractivity contribution < 1.29 is 4.79 Å². The highest BCUT2D eigenvalue weighted by Crippen LogP contribution is 1.99. The molecule has 1 N–H and O–H groups in total. The smallest absolute Gasteiger partial charge is 0.248 e. The van der Waals surface area contributed by atoms with Gasteiger partial charge in [0, 0.05) is 0 Å². The maximum atomic E-state index is 11.0. The molecule has 1 aromatic heterocycles. The first-order chi connectivity index (χ1) is 5.83. The van der Waals surface area contributed by atoms with Gasteiger partial charge in [-0.1, -0.05) is 6.08 Å². The van der Waals surface area contributed by atoms with Crippen LogP contribution >= 0.6 is 0 Å². The molecule has 0 aromatic carbocycles. The topological polar surface area (TPSA) is 54.9 Å². The van der Waals surface area contributed by atoms with Crippen LogP contribution in [0.25, 0.3) is 0 Å². The monoisotopic (exact) mass is 163 g/mol. The van der Waals surface area contributed by atoms with Gasteiger partial charge < -0.3 is 5.32 Å². The molecule has 0 bridgehead atoms. The van der Waals surface area contributed by atoms with Crippen molar-refractivity contribution in [3.8, 4) is 0 Å². The minimum Gasteiger partial charge on any atom is -0.320 e. The average molecular weight is 163 g/mol. The number of nitrogens with zero attached hydrogens (tertiary/aromatic N) is 2. The van der Waals surface area contributed by atoms with E-state index in [2.05, 4.69) is 15.3 Å². The molecule has 62 valence electrons. The molecule has 0 aliphatic heterocycles. The lowest BCUT2D eigenvalue weighted by molar-refractivity contribution is -0.111. The van der Waals surface area contributed by atoms with Gasteiger partial charge in [0.05, 0.1) is 18.1 Å². The highest BCUT2D eigenvalue weighted by molar-refractivity contribution is 5.98. The van der Waals surface area contributed by atoms with Gasteiger partial charge in [0.2, 0.25) is 5.91 Å². The van der Waals surface area contributed by atoms with Crippen molar-refractivity contribution in [2.45, 2.75) is 6.92 Å². The van der Waals surface area contributed by atoms with Crippen LogP contribution < -0.4 is 5.32 Å². The zero-order chi connectivity index (χ0) is 8.81. The molecule has 4 nitrogen and oxygen atoms in total. The van der Waals surface area contributed by atoms with E-state index in [1.807, 2.05) is 0 Å². The average Bonchev–Trinajstić information content (AvgIpc) is 2.06. The lowest BCUT2D eigenvalue weighted by Gasteiger charge is -1.98. The van der Waals surface area contributed by atoms with E-state index in [4.69, 9.17) is 0 Å². The van der Waals surface area contributed by atoms with Gasteiger partial charge in [0.15, 0.2) is 0 Å². The number of nitrogens with one attached hydrogen (secondary N) is 1. The summed E-state index contributed by atoms with van der Waals surface area (Å²) in [5.41, 5.74) is 0.598. The third kappa shape index (κ3) is 2.49. The Morgan fingerprint density at radius 3 is 2.75 bits per heavy atom. The van der Waals surface area contributed by atoms with Gasteiger partial charge in [-0.25, -0.2) is 9.97 Å².